The zero-order chi connectivity index (χ0) is 24.3. The Balaban J connectivity index is 1.51. The van der Waals surface area contributed by atoms with Gasteiger partial charge >= 0.3 is 11.9 Å². The first kappa shape index (κ1) is 23.8. The van der Waals surface area contributed by atoms with Crippen molar-refractivity contribution in [3.05, 3.63) is 52.8 Å². The van der Waals surface area contributed by atoms with E-state index in [-0.39, 0.29) is 17.5 Å². The predicted molar refractivity (Wildman–Crippen MR) is 127 cm³/mol. The number of carboxylic acid groups (broad SMARTS) is 1. The number of pyridine rings is 2. The summed E-state index contributed by atoms with van der Waals surface area (Å²) in [6.07, 6.45) is 5.14. The molecule has 3 heterocycles. The molecule has 3 N–H and O–H groups in total. The number of hydrogen-bond donors (Lipinski definition) is 3. The van der Waals surface area contributed by atoms with Crippen molar-refractivity contribution in [3.63, 3.8) is 0 Å². The predicted octanol–water partition coefficient (Wildman–Crippen LogP) is 4.29. The molecular formula is C24H26N4O5S. The highest BCUT2D eigenvalue weighted by atomic mass is 32.1. The largest absolute Gasteiger partial charge is 0.478 e. The monoisotopic (exact) mass is 482 g/mol. The zero-order valence-electron chi connectivity index (χ0n) is 18.9. The molecule has 0 aliphatic heterocycles. The van der Waals surface area contributed by atoms with Crippen molar-refractivity contribution in [2.75, 3.05) is 11.9 Å². The molecule has 34 heavy (non-hydrogen) atoms. The van der Waals surface area contributed by atoms with E-state index >= 15 is 0 Å². The number of aryl methyl sites for hydroxylation is 1. The number of carboxylic acids is 1. The SMILES string of the molecule is CCOC(=O)[C@H]1CC[C@](O)(c2ncc(-c3cc(C)cc(Nc4cc(C(=O)O)ccn4)n3)s2)CC1. The van der Waals surface area contributed by atoms with E-state index in [4.69, 9.17) is 4.74 Å². The highest BCUT2D eigenvalue weighted by molar-refractivity contribution is 7.15. The van der Waals surface area contributed by atoms with Crippen LogP contribution in [0.15, 0.2) is 36.7 Å². The molecular weight excluding hydrogens is 456 g/mol. The molecule has 1 aliphatic carbocycles. The minimum atomic E-state index is -1.07. The second-order valence-electron chi connectivity index (χ2n) is 8.36. The van der Waals surface area contributed by atoms with Gasteiger partial charge in [-0.2, -0.15) is 0 Å². The maximum absolute atomic E-state index is 12.0. The minimum Gasteiger partial charge on any atom is -0.478 e. The molecule has 0 amide bonds. The molecule has 3 aromatic rings. The number of aromatic nitrogens is 3. The van der Waals surface area contributed by atoms with Gasteiger partial charge in [-0.1, -0.05) is 0 Å². The third-order valence-corrected chi connectivity index (χ3v) is 7.03. The van der Waals surface area contributed by atoms with Gasteiger partial charge in [0.2, 0.25) is 0 Å². The molecule has 10 heteroatoms. The fourth-order valence-corrected chi connectivity index (χ4v) is 5.06. The second-order valence-corrected chi connectivity index (χ2v) is 9.39. The number of nitrogens with zero attached hydrogens (tertiary/aromatic N) is 3. The molecule has 1 fully saturated rings. The van der Waals surface area contributed by atoms with Crippen molar-refractivity contribution in [1.82, 2.24) is 15.0 Å². The van der Waals surface area contributed by atoms with Crippen molar-refractivity contribution in [2.45, 2.75) is 45.1 Å². The maximum Gasteiger partial charge on any atom is 0.335 e. The summed E-state index contributed by atoms with van der Waals surface area (Å²) in [4.78, 5) is 37.3. The van der Waals surface area contributed by atoms with Gasteiger partial charge in [0.25, 0.3) is 0 Å². The topological polar surface area (TPSA) is 135 Å². The van der Waals surface area contributed by atoms with E-state index in [0.717, 1.165) is 10.4 Å². The number of hydrogen-bond acceptors (Lipinski definition) is 9. The van der Waals surface area contributed by atoms with E-state index in [1.54, 1.807) is 13.1 Å². The van der Waals surface area contributed by atoms with Gasteiger partial charge in [0, 0.05) is 12.4 Å². The Morgan fingerprint density at radius 2 is 1.97 bits per heavy atom. The standard InChI is InChI=1S/C24H26N4O5S/c1-3-33-22(31)15-4-7-24(32,8-5-15)23-26-13-18(34-23)17-10-14(2)11-20(27-17)28-19-12-16(21(29)30)6-9-25-19/h6,9-13,15,32H,3-5,7-8H2,1-2H3,(H,29,30)(H,25,27,28)/t15-,24+. The van der Waals surface area contributed by atoms with Gasteiger partial charge < -0.3 is 20.3 Å². The third-order valence-electron chi connectivity index (χ3n) is 5.82. The van der Waals surface area contributed by atoms with Crippen molar-refractivity contribution < 1.29 is 24.5 Å². The molecule has 0 radical (unpaired) electrons. The van der Waals surface area contributed by atoms with E-state index in [0.29, 0.717) is 54.6 Å². The van der Waals surface area contributed by atoms with E-state index in [1.165, 1.54) is 29.7 Å². The number of rotatable bonds is 7. The summed E-state index contributed by atoms with van der Waals surface area (Å²) in [6, 6.07) is 6.63. The first-order valence-corrected chi connectivity index (χ1v) is 11.9. The quantitative estimate of drug-likeness (QED) is 0.421. The fourth-order valence-electron chi connectivity index (χ4n) is 4.03. The Labute approximate surface area is 200 Å². The molecule has 0 unspecified atom stereocenters. The van der Waals surface area contributed by atoms with Crippen LogP contribution in [-0.4, -0.2) is 43.7 Å². The first-order chi connectivity index (χ1) is 16.3. The molecule has 0 spiro atoms. The number of aliphatic hydroxyl groups is 1. The lowest BCUT2D eigenvalue weighted by Crippen LogP contribution is -2.34. The number of aromatic carboxylic acids is 1. The van der Waals surface area contributed by atoms with Crippen LogP contribution in [0.1, 0.15) is 53.5 Å². The van der Waals surface area contributed by atoms with Crippen LogP contribution in [0.3, 0.4) is 0 Å². The Morgan fingerprint density at radius 3 is 2.68 bits per heavy atom. The van der Waals surface area contributed by atoms with Crippen LogP contribution in [0.4, 0.5) is 11.6 Å². The fraction of sp³-hybridized carbons (Fsp3) is 0.375. The van der Waals surface area contributed by atoms with Crippen LogP contribution < -0.4 is 5.32 Å². The normalized spacial score (nSPS) is 20.0. The molecule has 3 aromatic heterocycles. The van der Waals surface area contributed by atoms with E-state index in [2.05, 4.69) is 20.3 Å². The summed E-state index contributed by atoms with van der Waals surface area (Å²) in [7, 11) is 0. The lowest BCUT2D eigenvalue weighted by atomic mass is 9.79. The molecule has 0 atom stereocenters. The number of thiazole rings is 1. The number of carbonyl (C=O) groups excluding carboxylic acids is 1. The summed E-state index contributed by atoms with van der Waals surface area (Å²) in [6.45, 7) is 4.08. The number of anilines is 2. The number of esters is 1. The van der Waals surface area contributed by atoms with E-state index in [1.807, 2.05) is 19.1 Å². The molecule has 0 saturated heterocycles. The van der Waals surface area contributed by atoms with Gasteiger partial charge in [0.05, 0.1) is 28.7 Å². The van der Waals surface area contributed by atoms with Gasteiger partial charge in [0.1, 0.15) is 22.2 Å². The lowest BCUT2D eigenvalue weighted by molar-refractivity contribution is -0.151. The van der Waals surface area contributed by atoms with Gasteiger partial charge in [0.15, 0.2) is 0 Å². The smallest absolute Gasteiger partial charge is 0.335 e. The van der Waals surface area contributed by atoms with Crippen molar-refractivity contribution in [1.29, 1.82) is 0 Å². The molecule has 0 aromatic carbocycles. The average molecular weight is 483 g/mol. The van der Waals surface area contributed by atoms with Crippen LogP contribution in [-0.2, 0) is 15.1 Å². The summed E-state index contributed by atoms with van der Waals surface area (Å²) in [5.41, 5.74) is 0.691. The third kappa shape index (κ3) is 5.23. The maximum atomic E-state index is 12.0. The molecule has 178 valence electrons. The van der Waals surface area contributed by atoms with Crippen LogP contribution in [0, 0.1) is 12.8 Å². The Kier molecular flexibility index (Phi) is 6.90. The lowest BCUT2D eigenvalue weighted by Gasteiger charge is -2.33. The highest BCUT2D eigenvalue weighted by Crippen LogP contribution is 2.42. The highest BCUT2D eigenvalue weighted by Gasteiger charge is 2.39. The van der Waals surface area contributed by atoms with Crippen molar-refractivity contribution in [2.24, 2.45) is 5.92 Å². The summed E-state index contributed by atoms with van der Waals surface area (Å²) in [5, 5.41) is 24.1. The number of carbonyl (C=O) groups is 2. The zero-order valence-corrected chi connectivity index (χ0v) is 19.8. The van der Waals surface area contributed by atoms with E-state index < -0.39 is 11.6 Å². The van der Waals surface area contributed by atoms with Gasteiger partial charge in [-0.25, -0.2) is 19.7 Å². The van der Waals surface area contributed by atoms with Crippen LogP contribution >= 0.6 is 11.3 Å². The molecule has 1 saturated carbocycles. The molecule has 4 rings (SSSR count). The minimum absolute atomic E-state index is 0.128. The van der Waals surface area contributed by atoms with Crippen LogP contribution in [0.5, 0.6) is 0 Å². The molecule has 1 aliphatic rings. The van der Waals surface area contributed by atoms with Gasteiger partial charge in [-0.05, 0) is 69.4 Å². The van der Waals surface area contributed by atoms with Crippen molar-refractivity contribution in [3.8, 4) is 10.6 Å². The average Bonchev–Trinajstić information content (AvgIpc) is 3.31. The Morgan fingerprint density at radius 1 is 1.21 bits per heavy atom. The van der Waals surface area contributed by atoms with E-state index in [9.17, 15) is 19.8 Å². The Bertz CT molecular complexity index is 1200. The summed E-state index contributed by atoms with van der Waals surface area (Å²) in [5.74, 6) is -0.512. The Hall–Kier alpha value is -3.37. The number of nitrogens with one attached hydrogen (secondary N) is 1. The first-order valence-electron chi connectivity index (χ1n) is 11.1. The second kappa shape index (κ2) is 9.86. The van der Waals surface area contributed by atoms with Crippen LogP contribution in [0.25, 0.3) is 10.6 Å². The van der Waals surface area contributed by atoms with Crippen molar-refractivity contribution >= 4 is 34.9 Å². The van der Waals surface area contributed by atoms with Gasteiger partial charge in [-0.3, -0.25) is 4.79 Å². The summed E-state index contributed by atoms with van der Waals surface area (Å²) >= 11 is 1.38. The van der Waals surface area contributed by atoms with Gasteiger partial charge in [-0.15, -0.1) is 11.3 Å². The summed E-state index contributed by atoms with van der Waals surface area (Å²) < 4.78 is 5.12. The molecule has 9 nitrogen and oxygen atoms in total. The molecule has 0 bridgehead atoms. The number of ether oxygens (including phenoxy) is 1. The van der Waals surface area contributed by atoms with Crippen LogP contribution in [0.2, 0.25) is 0 Å².